The van der Waals surface area contributed by atoms with E-state index in [-0.39, 0.29) is 23.6 Å². The summed E-state index contributed by atoms with van der Waals surface area (Å²) in [6.07, 6.45) is 0. The highest BCUT2D eigenvalue weighted by Gasteiger charge is 2.46. The van der Waals surface area contributed by atoms with Crippen molar-refractivity contribution in [3.05, 3.63) is 10.6 Å². The number of rotatable bonds is 5. The van der Waals surface area contributed by atoms with Crippen LogP contribution < -0.4 is 0 Å². The molecule has 0 saturated carbocycles. The number of methoxy groups -OCH3 is 1. The second-order valence-electron chi connectivity index (χ2n) is 5.99. The molecule has 0 amide bonds. The van der Waals surface area contributed by atoms with Crippen molar-refractivity contribution < 1.29 is 13.2 Å². The van der Waals surface area contributed by atoms with Crippen molar-refractivity contribution in [3.8, 4) is 0 Å². The van der Waals surface area contributed by atoms with Gasteiger partial charge in [0.05, 0.1) is 28.7 Å². The van der Waals surface area contributed by atoms with Gasteiger partial charge in [0, 0.05) is 45.4 Å². The van der Waals surface area contributed by atoms with E-state index in [0.29, 0.717) is 6.61 Å². The Kier molecular flexibility index (Phi) is 4.79. The largest absolute Gasteiger partial charge is 0.383 e. The maximum Gasteiger partial charge on any atom is 0.153 e. The van der Waals surface area contributed by atoms with Crippen LogP contribution in [0, 0.1) is 6.92 Å². The van der Waals surface area contributed by atoms with Crippen LogP contribution in [0.1, 0.15) is 10.6 Å². The van der Waals surface area contributed by atoms with Gasteiger partial charge in [0.2, 0.25) is 0 Å². The quantitative estimate of drug-likeness (QED) is 0.729. The molecule has 0 radical (unpaired) electrons. The van der Waals surface area contributed by atoms with Crippen LogP contribution >= 0.6 is 11.5 Å². The molecular formula is C13H22N4O3S2. The first kappa shape index (κ1) is 16.3. The van der Waals surface area contributed by atoms with Crippen LogP contribution in [-0.4, -0.2) is 84.7 Å². The van der Waals surface area contributed by atoms with Gasteiger partial charge < -0.3 is 4.74 Å². The number of ether oxygens (including phenoxy) is 1. The second kappa shape index (κ2) is 6.48. The molecule has 3 heterocycles. The van der Waals surface area contributed by atoms with Crippen LogP contribution in [0.5, 0.6) is 0 Å². The molecule has 0 unspecified atom stereocenters. The maximum absolute atomic E-state index is 12.1. The van der Waals surface area contributed by atoms with Gasteiger partial charge in [-0.1, -0.05) is 4.49 Å². The molecule has 0 aliphatic carbocycles. The molecule has 2 atom stereocenters. The number of sulfone groups is 1. The summed E-state index contributed by atoms with van der Waals surface area (Å²) in [7, 11) is -1.28. The van der Waals surface area contributed by atoms with E-state index in [1.807, 2.05) is 6.92 Å². The number of aromatic nitrogens is 2. The van der Waals surface area contributed by atoms with Gasteiger partial charge in [0.25, 0.3) is 0 Å². The van der Waals surface area contributed by atoms with E-state index in [1.165, 1.54) is 11.5 Å². The Morgan fingerprint density at radius 3 is 2.59 bits per heavy atom. The zero-order chi connectivity index (χ0) is 15.7. The van der Waals surface area contributed by atoms with E-state index in [2.05, 4.69) is 19.4 Å². The molecule has 124 valence electrons. The van der Waals surface area contributed by atoms with Crippen molar-refractivity contribution in [2.24, 2.45) is 0 Å². The van der Waals surface area contributed by atoms with Gasteiger partial charge in [-0.15, -0.1) is 5.10 Å². The average molecular weight is 346 g/mol. The molecule has 0 spiro atoms. The highest BCUT2D eigenvalue weighted by Crippen LogP contribution is 2.28. The summed E-state index contributed by atoms with van der Waals surface area (Å²) in [5.41, 5.74) is 0.948. The van der Waals surface area contributed by atoms with Crippen LogP contribution in [0.3, 0.4) is 0 Å². The molecule has 1 aromatic heterocycles. The minimum atomic E-state index is -2.96. The van der Waals surface area contributed by atoms with Gasteiger partial charge in [0.1, 0.15) is 0 Å². The maximum atomic E-state index is 12.1. The Hall–Kier alpha value is -0.610. The molecule has 9 heteroatoms. The summed E-state index contributed by atoms with van der Waals surface area (Å²) in [5, 5.41) is 4.05. The summed E-state index contributed by atoms with van der Waals surface area (Å²) in [4.78, 5) is 5.70. The van der Waals surface area contributed by atoms with Crippen LogP contribution in [0.25, 0.3) is 0 Å². The first-order valence-corrected chi connectivity index (χ1v) is 10.0. The molecule has 3 rings (SSSR count). The molecule has 0 aromatic carbocycles. The van der Waals surface area contributed by atoms with E-state index < -0.39 is 9.84 Å². The number of nitrogens with zero attached hydrogens (tertiary/aromatic N) is 4. The van der Waals surface area contributed by atoms with Crippen molar-refractivity contribution in [1.82, 2.24) is 19.4 Å². The van der Waals surface area contributed by atoms with Crippen LogP contribution in [0.15, 0.2) is 0 Å². The Labute approximate surface area is 135 Å². The van der Waals surface area contributed by atoms with Crippen molar-refractivity contribution in [2.45, 2.75) is 25.6 Å². The fourth-order valence-electron chi connectivity index (χ4n) is 3.36. The van der Waals surface area contributed by atoms with Crippen molar-refractivity contribution in [2.75, 3.05) is 44.9 Å². The number of aryl methyl sites for hydroxylation is 1. The monoisotopic (exact) mass is 346 g/mol. The molecule has 2 fully saturated rings. The van der Waals surface area contributed by atoms with E-state index >= 15 is 0 Å². The third-order valence-electron chi connectivity index (χ3n) is 4.58. The first-order chi connectivity index (χ1) is 10.5. The smallest absolute Gasteiger partial charge is 0.153 e. The highest BCUT2D eigenvalue weighted by atomic mass is 32.2. The Morgan fingerprint density at radius 2 is 1.95 bits per heavy atom. The Morgan fingerprint density at radius 1 is 1.27 bits per heavy atom. The highest BCUT2D eigenvalue weighted by molar-refractivity contribution is 7.91. The zero-order valence-electron chi connectivity index (χ0n) is 12.9. The summed E-state index contributed by atoms with van der Waals surface area (Å²) in [5.74, 6) is 0.518. The minimum Gasteiger partial charge on any atom is -0.383 e. The van der Waals surface area contributed by atoms with E-state index in [4.69, 9.17) is 4.74 Å². The number of hydrogen-bond acceptors (Lipinski definition) is 8. The normalized spacial score (nSPS) is 28.8. The third kappa shape index (κ3) is 3.33. The lowest BCUT2D eigenvalue weighted by molar-refractivity contribution is 0.0256. The summed E-state index contributed by atoms with van der Waals surface area (Å²) >= 11 is 1.41. The van der Waals surface area contributed by atoms with E-state index in [1.54, 1.807) is 7.11 Å². The molecule has 0 N–H and O–H groups in total. The van der Waals surface area contributed by atoms with E-state index in [0.717, 1.165) is 36.8 Å². The SMILES string of the molecule is COCCN1CCN(Cc2snnc2C)[C@H]2CS(=O)(=O)C[C@H]21. The van der Waals surface area contributed by atoms with Gasteiger partial charge in [0.15, 0.2) is 9.84 Å². The van der Waals surface area contributed by atoms with Gasteiger partial charge in [-0.25, -0.2) is 8.42 Å². The fraction of sp³-hybridized carbons (Fsp3) is 0.846. The molecular weight excluding hydrogens is 324 g/mol. The Bertz CT molecular complexity index is 619. The molecule has 22 heavy (non-hydrogen) atoms. The van der Waals surface area contributed by atoms with Gasteiger partial charge in [-0.2, -0.15) is 0 Å². The van der Waals surface area contributed by atoms with Crippen molar-refractivity contribution in [1.29, 1.82) is 0 Å². The van der Waals surface area contributed by atoms with Crippen LogP contribution in [0.2, 0.25) is 0 Å². The fourth-order valence-corrected chi connectivity index (χ4v) is 6.06. The Balaban J connectivity index is 1.76. The van der Waals surface area contributed by atoms with Crippen LogP contribution in [0.4, 0.5) is 0 Å². The molecule has 0 bridgehead atoms. The topological polar surface area (TPSA) is 75.6 Å². The molecule has 2 saturated heterocycles. The lowest BCUT2D eigenvalue weighted by atomic mass is 10.0. The zero-order valence-corrected chi connectivity index (χ0v) is 14.6. The number of fused-ring (bicyclic) bond motifs is 1. The van der Waals surface area contributed by atoms with E-state index in [9.17, 15) is 8.42 Å². The lowest BCUT2D eigenvalue weighted by Gasteiger charge is -2.43. The summed E-state index contributed by atoms with van der Waals surface area (Å²) in [6.45, 7) is 5.89. The summed E-state index contributed by atoms with van der Waals surface area (Å²) < 4.78 is 33.4. The number of piperazine rings is 1. The minimum absolute atomic E-state index is 0.0668. The average Bonchev–Trinajstić information content (AvgIpc) is 3.01. The predicted molar refractivity (Wildman–Crippen MR) is 84.7 cm³/mol. The molecule has 2 aliphatic heterocycles. The second-order valence-corrected chi connectivity index (χ2v) is 8.98. The molecule has 1 aromatic rings. The first-order valence-electron chi connectivity index (χ1n) is 7.45. The van der Waals surface area contributed by atoms with Crippen molar-refractivity contribution in [3.63, 3.8) is 0 Å². The molecule has 2 aliphatic rings. The standard InChI is InChI=1S/C13H22N4O3S2/c1-10-13(21-15-14-10)7-17-4-3-16(5-6-20-2)11-8-22(18,19)9-12(11)17/h11-12H,3-9H2,1-2H3/t11-,12+/m1/s1. The van der Waals surface area contributed by atoms with Crippen LogP contribution in [-0.2, 0) is 21.1 Å². The lowest BCUT2D eigenvalue weighted by Crippen LogP contribution is -2.59. The summed E-state index contributed by atoms with van der Waals surface area (Å²) in [6, 6.07) is 0.146. The number of hydrogen-bond donors (Lipinski definition) is 0. The van der Waals surface area contributed by atoms with Gasteiger partial charge >= 0.3 is 0 Å². The van der Waals surface area contributed by atoms with Gasteiger partial charge in [-0.05, 0) is 18.5 Å². The van der Waals surface area contributed by atoms with Gasteiger partial charge in [-0.3, -0.25) is 9.80 Å². The molecule has 7 nitrogen and oxygen atoms in total. The van der Waals surface area contributed by atoms with Crippen molar-refractivity contribution >= 4 is 21.4 Å². The third-order valence-corrected chi connectivity index (χ3v) is 7.09. The predicted octanol–water partition coefficient (Wildman–Crippen LogP) is -0.224.